The van der Waals surface area contributed by atoms with Crippen LogP contribution in [0.1, 0.15) is 49.8 Å². The highest BCUT2D eigenvalue weighted by molar-refractivity contribution is 7.93. The van der Waals surface area contributed by atoms with Crippen molar-refractivity contribution < 1.29 is 34.7 Å². The molecule has 1 heterocycles. The summed E-state index contributed by atoms with van der Waals surface area (Å²) in [5.41, 5.74) is -0.386. The van der Waals surface area contributed by atoms with E-state index in [1.54, 1.807) is 12.1 Å². The maximum atomic E-state index is 13.3. The minimum atomic E-state index is -4.65. The van der Waals surface area contributed by atoms with Gasteiger partial charge in [-0.1, -0.05) is 18.2 Å². The van der Waals surface area contributed by atoms with Crippen molar-refractivity contribution in [3.8, 4) is 0 Å². The third-order valence-corrected chi connectivity index (χ3v) is 11.1. The fourth-order valence-corrected chi connectivity index (χ4v) is 7.48. The molecule has 1 aliphatic heterocycles. The normalized spacial score (nSPS) is 24.9. The molecule has 2 aromatic rings. The summed E-state index contributed by atoms with van der Waals surface area (Å²) in [6.07, 6.45) is -3.78. The molecule has 32 heavy (non-hydrogen) atoms. The van der Waals surface area contributed by atoms with Gasteiger partial charge in [-0.15, -0.1) is 0 Å². The first-order valence-corrected chi connectivity index (χ1v) is 13.2. The Morgan fingerprint density at radius 2 is 1.62 bits per heavy atom. The van der Waals surface area contributed by atoms with Crippen molar-refractivity contribution in [3.63, 3.8) is 0 Å². The number of benzene rings is 2. The van der Waals surface area contributed by atoms with Crippen LogP contribution in [0.2, 0.25) is 0 Å². The Bertz CT molecular complexity index is 1220. The lowest BCUT2D eigenvalue weighted by molar-refractivity contribution is -0.137. The van der Waals surface area contributed by atoms with E-state index >= 15 is 0 Å². The molecule has 0 aromatic heterocycles. The second-order valence-electron chi connectivity index (χ2n) is 8.61. The molecule has 1 saturated heterocycles. The molecule has 2 fully saturated rings. The van der Waals surface area contributed by atoms with Crippen LogP contribution in [0.3, 0.4) is 0 Å². The van der Waals surface area contributed by atoms with E-state index in [1.807, 2.05) is 0 Å². The maximum absolute atomic E-state index is 13.3. The van der Waals surface area contributed by atoms with Gasteiger partial charge in [-0.2, -0.15) is 13.2 Å². The second-order valence-corrected chi connectivity index (χ2v) is 13.3. The molecule has 1 saturated carbocycles. The Morgan fingerprint density at radius 3 is 2.22 bits per heavy atom. The van der Waals surface area contributed by atoms with Crippen LogP contribution in [0.5, 0.6) is 0 Å². The summed E-state index contributed by atoms with van der Waals surface area (Å²) >= 11 is 0. The molecule has 2 unspecified atom stereocenters. The Kier molecular flexibility index (Phi) is 5.70. The maximum Gasteiger partial charge on any atom is 0.416 e. The summed E-state index contributed by atoms with van der Waals surface area (Å²) in [4.78, 5) is -0.153. The molecule has 2 atom stereocenters. The molecule has 4 rings (SSSR count). The van der Waals surface area contributed by atoms with Crippen molar-refractivity contribution in [1.29, 1.82) is 0 Å². The smallest absolute Gasteiger partial charge is 0.373 e. The molecule has 0 amide bonds. The van der Waals surface area contributed by atoms with E-state index in [4.69, 9.17) is 4.74 Å². The summed E-state index contributed by atoms with van der Waals surface area (Å²) in [7, 11) is -7.44. The molecule has 0 radical (unpaired) electrons. The molecule has 1 aliphatic carbocycles. The van der Waals surface area contributed by atoms with Crippen molar-refractivity contribution in [2.24, 2.45) is 0 Å². The summed E-state index contributed by atoms with van der Waals surface area (Å²) in [5.74, 6) is 0. The Labute approximate surface area is 185 Å². The topological polar surface area (TPSA) is 77.5 Å². The Balaban J connectivity index is 1.60. The molecule has 2 aromatic carbocycles. The molecular formula is C22H23F3O5S2. The van der Waals surface area contributed by atoms with Crippen LogP contribution >= 0.6 is 0 Å². The predicted octanol–water partition coefficient (Wildman–Crippen LogP) is 4.73. The first kappa shape index (κ1) is 23.3. The largest absolute Gasteiger partial charge is 0.416 e. The van der Waals surface area contributed by atoms with Crippen molar-refractivity contribution >= 4 is 19.7 Å². The highest BCUT2D eigenvalue weighted by Gasteiger charge is 2.46. The van der Waals surface area contributed by atoms with E-state index in [-0.39, 0.29) is 34.5 Å². The second kappa shape index (κ2) is 7.85. The minimum Gasteiger partial charge on any atom is -0.373 e. The number of rotatable bonds is 5. The van der Waals surface area contributed by atoms with Crippen molar-refractivity contribution in [1.82, 2.24) is 0 Å². The van der Waals surface area contributed by atoms with Crippen LogP contribution < -0.4 is 0 Å². The molecule has 0 spiro atoms. The molecule has 5 nitrogen and oxygen atoms in total. The average Bonchev–Trinajstić information content (AvgIpc) is 3.59. The minimum absolute atomic E-state index is 0.0420. The number of hydrogen-bond donors (Lipinski definition) is 0. The number of sulfone groups is 2. The van der Waals surface area contributed by atoms with Gasteiger partial charge in [0, 0.05) is 6.61 Å². The van der Waals surface area contributed by atoms with Crippen LogP contribution in [-0.2, 0) is 30.6 Å². The lowest BCUT2D eigenvalue weighted by Gasteiger charge is -2.38. The number of hydrogen-bond acceptors (Lipinski definition) is 5. The van der Waals surface area contributed by atoms with E-state index < -0.39 is 42.3 Å². The zero-order chi connectivity index (χ0) is 23.4. The number of ether oxygens (including phenoxy) is 1. The van der Waals surface area contributed by atoms with Gasteiger partial charge in [0.25, 0.3) is 0 Å². The fourth-order valence-electron chi connectivity index (χ4n) is 4.00. The summed E-state index contributed by atoms with van der Waals surface area (Å²) in [6, 6.07) is 10.0. The van der Waals surface area contributed by atoms with E-state index in [0.717, 1.165) is 12.1 Å². The van der Waals surface area contributed by atoms with E-state index in [1.165, 1.54) is 25.1 Å². The molecule has 10 heteroatoms. The van der Waals surface area contributed by atoms with E-state index in [0.29, 0.717) is 24.5 Å². The van der Waals surface area contributed by atoms with Crippen LogP contribution in [0.15, 0.2) is 58.3 Å². The van der Waals surface area contributed by atoms with Crippen LogP contribution in [0.25, 0.3) is 0 Å². The third kappa shape index (κ3) is 4.20. The predicted molar refractivity (Wildman–Crippen MR) is 112 cm³/mol. The highest BCUT2D eigenvalue weighted by Crippen LogP contribution is 2.43. The third-order valence-electron chi connectivity index (χ3n) is 6.23. The van der Waals surface area contributed by atoms with Gasteiger partial charge in [0.05, 0.1) is 31.5 Å². The van der Waals surface area contributed by atoms with Gasteiger partial charge in [0.1, 0.15) is 0 Å². The lowest BCUT2D eigenvalue weighted by atomic mass is 9.92. The average molecular weight is 489 g/mol. The monoisotopic (exact) mass is 488 g/mol. The highest BCUT2D eigenvalue weighted by atomic mass is 32.2. The zero-order valence-corrected chi connectivity index (χ0v) is 18.9. The standard InChI is InChI=1S/C22H23F3O5S2/c1-21(32(28,29)19-4-2-3-16(13-19)22(23,24)25)11-12-30-20(14-21)15-5-7-17(8-6-15)31(26,27)18-9-10-18/h2-8,13,18,20H,9-12,14H2,1H3. The zero-order valence-electron chi connectivity index (χ0n) is 17.3. The van der Waals surface area contributed by atoms with Gasteiger partial charge in [-0.05, 0) is 68.5 Å². The van der Waals surface area contributed by atoms with Gasteiger partial charge >= 0.3 is 6.18 Å². The molecule has 174 valence electrons. The van der Waals surface area contributed by atoms with Gasteiger partial charge < -0.3 is 4.74 Å². The fraction of sp³-hybridized carbons (Fsp3) is 0.455. The molecule has 0 N–H and O–H groups in total. The van der Waals surface area contributed by atoms with Crippen molar-refractivity contribution in [2.45, 2.75) is 64.7 Å². The number of alkyl halides is 3. The van der Waals surface area contributed by atoms with Crippen LogP contribution in [0, 0.1) is 0 Å². The van der Waals surface area contributed by atoms with Crippen molar-refractivity contribution in [2.75, 3.05) is 6.61 Å². The molecule has 0 bridgehead atoms. The first-order valence-electron chi connectivity index (χ1n) is 10.2. The molecule has 2 aliphatic rings. The Hall–Kier alpha value is -1.91. The summed E-state index contributed by atoms with van der Waals surface area (Å²) in [6.45, 7) is 1.63. The summed E-state index contributed by atoms with van der Waals surface area (Å²) < 4.78 is 95.1. The van der Waals surface area contributed by atoms with Crippen LogP contribution in [0.4, 0.5) is 13.2 Å². The van der Waals surface area contributed by atoms with E-state index in [2.05, 4.69) is 0 Å². The van der Waals surface area contributed by atoms with Gasteiger partial charge in [0.2, 0.25) is 0 Å². The lowest BCUT2D eigenvalue weighted by Crippen LogP contribution is -2.42. The molecular weight excluding hydrogens is 465 g/mol. The van der Waals surface area contributed by atoms with Gasteiger partial charge in [-0.3, -0.25) is 0 Å². The van der Waals surface area contributed by atoms with E-state index in [9.17, 15) is 30.0 Å². The van der Waals surface area contributed by atoms with Gasteiger partial charge in [0.15, 0.2) is 19.7 Å². The quantitative estimate of drug-likeness (QED) is 0.608. The first-order chi connectivity index (χ1) is 14.8. The van der Waals surface area contributed by atoms with Crippen molar-refractivity contribution in [3.05, 3.63) is 59.7 Å². The Morgan fingerprint density at radius 1 is 0.969 bits per heavy atom. The number of halogens is 3. The van der Waals surface area contributed by atoms with Crippen LogP contribution in [-0.4, -0.2) is 33.4 Å². The summed E-state index contributed by atoms with van der Waals surface area (Å²) in [5, 5.41) is -0.333. The SMILES string of the molecule is CC1(S(=O)(=O)c2cccc(C(F)(F)F)c2)CCOC(c2ccc(S(=O)(=O)C3CC3)cc2)C1. The van der Waals surface area contributed by atoms with Gasteiger partial charge in [-0.25, -0.2) is 16.8 Å².